The van der Waals surface area contributed by atoms with E-state index in [4.69, 9.17) is 14.3 Å². The molecule has 1 N–H and O–H groups in total. The molecule has 0 spiro atoms. The molecule has 0 bridgehead atoms. The molecule has 0 aromatic heterocycles. The predicted molar refractivity (Wildman–Crippen MR) is 135 cm³/mol. The van der Waals surface area contributed by atoms with Crippen molar-refractivity contribution >= 4 is 65.8 Å². The Balaban J connectivity index is 1.68. The van der Waals surface area contributed by atoms with Crippen LogP contribution in [0.3, 0.4) is 0 Å². The molecule has 0 aliphatic carbocycles. The molecule has 2 aromatic carbocycles. The van der Waals surface area contributed by atoms with Crippen molar-refractivity contribution < 1.29 is 22.1 Å². The SMILES string of the molecule is CCC1=NN2C(=N)/C(=C/c3cc(Br)c(OS(=O)(=O)c4ccc(C)cc4)c(OC)c3)C(=O)N=C2S1. The van der Waals surface area contributed by atoms with Gasteiger partial charge in [-0.25, -0.2) is 0 Å². The molecule has 1 amide bonds. The second kappa shape index (κ2) is 9.35. The summed E-state index contributed by atoms with van der Waals surface area (Å²) in [5.74, 6) is -0.570. The number of carbonyl (C=O) groups is 1. The molecule has 2 aliphatic heterocycles. The van der Waals surface area contributed by atoms with Crippen LogP contribution in [-0.4, -0.2) is 42.5 Å². The number of hydrogen-bond acceptors (Lipinski definition) is 8. The minimum Gasteiger partial charge on any atom is -0.493 e. The first kappa shape index (κ1) is 24.2. The maximum atomic E-state index is 12.8. The summed E-state index contributed by atoms with van der Waals surface area (Å²) < 4.78 is 36.5. The molecular formula is C22H19BrN4O5S2. The van der Waals surface area contributed by atoms with Gasteiger partial charge in [0.1, 0.15) is 9.94 Å². The summed E-state index contributed by atoms with van der Waals surface area (Å²) in [6.07, 6.45) is 2.14. The Kier molecular flexibility index (Phi) is 6.65. The Hall–Kier alpha value is -2.96. The van der Waals surface area contributed by atoms with Gasteiger partial charge in [-0.2, -0.15) is 23.5 Å². The van der Waals surface area contributed by atoms with Crippen LogP contribution < -0.4 is 8.92 Å². The highest BCUT2D eigenvalue weighted by molar-refractivity contribution is 9.10. The first-order chi connectivity index (χ1) is 16.1. The van der Waals surface area contributed by atoms with E-state index in [1.165, 1.54) is 48.2 Å². The highest BCUT2D eigenvalue weighted by Crippen LogP contribution is 2.39. The lowest BCUT2D eigenvalue weighted by atomic mass is 10.1. The number of ether oxygens (including phenoxy) is 1. The van der Waals surface area contributed by atoms with Crippen molar-refractivity contribution in [2.45, 2.75) is 25.2 Å². The average molecular weight is 563 g/mol. The van der Waals surface area contributed by atoms with Gasteiger partial charge in [-0.3, -0.25) is 10.2 Å². The number of halogens is 1. The smallest absolute Gasteiger partial charge is 0.339 e. The fraction of sp³-hybridized carbons (Fsp3) is 0.182. The molecule has 0 atom stereocenters. The van der Waals surface area contributed by atoms with Crippen molar-refractivity contribution in [1.29, 1.82) is 5.41 Å². The first-order valence-electron chi connectivity index (χ1n) is 10.0. The Morgan fingerprint density at radius 2 is 1.94 bits per heavy atom. The van der Waals surface area contributed by atoms with E-state index in [1.54, 1.807) is 18.2 Å². The zero-order chi connectivity index (χ0) is 24.6. The summed E-state index contributed by atoms with van der Waals surface area (Å²) >= 11 is 4.59. The van der Waals surface area contributed by atoms with Crippen LogP contribution in [0.5, 0.6) is 11.5 Å². The Labute approximate surface area is 209 Å². The standard InChI is InChI=1S/C22H19BrN4O5S2/c1-4-18-26-27-20(24)15(21(28)25-22(27)33-18)9-13-10-16(23)19(17(11-13)31-3)32-34(29,30)14-7-5-12(2)6-8-14/h5-11,24H,4H2,1-3H3/b15-9-,24-20?. The average Bonchev–Trinajstić information content (AvgIpc) is 3.21. The Morgan fingerprint density at radius 3 is 2.59 bits per heavy atom. The van der Waals surface area contributed by atoms with Gasteiger partial charge in [-0.15, -0.1) is 0 Å². The molecule has 9 nitrogen and oxygen atoms in total. The highest BCUT2D eigenvalue weighted by atomic mass is 79.9. The molecule has 12 heteroatoms. The molecule has 0 unspecified atom stereocenters. The van der Waals surface area contributed by atoms with Gasteiger partial charge in [0.05, 0.1) is 17.2 Å². The van der Waals surface area contributed by atoms with Crippen molar-refractivity contribution in [3.05, 3.63) is 57.6 Å². The number of hydrogen-bond donors (Lipinski definition) is 1. The number of benzene rings is 2. The van der Waals surface area contributed by atoms with Gasteiger partial charge in [-0.05, 0) is 76.9 Å². The summed E-state index contributed by atoms with van der Waals surface area (Å²) in [4.78, 5) is 16.6. The fourth-order valence-corrected chi connectivity index (χ4v) is 5.54. The summed E-state index contributed by atoms with van der Waals surface area (Å²) in [7, 11) is -2.74. The third-order valence-corrected chi connectivity index (χ3v) is 7.74. The zero-order valence-electron chi connectivity index (χ0n) is 18.3. The second-order valence-corrected chi connectivity index (χ2v) is 10.7. The number of nitrogens with one attached hydrogen (secondary N) is 1. The lowest BCUT2D eigenvalue weighted by molar-refractivity contribution is -0.114. The lowest BCUT2D eigenvalue weighted by Crippen LogP contribution is -2.35. The van der Waals surface area contributed by atoms with Crippen LogP contribution in [0, 0.1) is 12.3 Å². The number of carbonyl (C=O) groups excluding carboxylic acids is 1. The number of hydrazone groups is 1. The third kappa shape index (κ3) is 4.65. The largest absolute Gasteiger partial charge is 0.493 e. The van der Waals surface area contributed by atoms with E-state index >= 15 is 0 Å². The van der Waals surface area contributed by atoms with E-state index in [0.29, 0.717) is 17.2 Å². The predicted octanol–water partition coefficient (Wildman–Crippen LogP) is 4.56. The van der Waals surface area contributed by atoms with Crippen LogP contribution >= 0.6 is 27.7 Å². The monoisotopic (exact) mass is 562 g/mol. The molecule has 0 fully saturated rings. The molecular weight excluding hydrogens is 544 g/mol. The minimum atomic E-state index is -4.12. The van der Waals surface area contributed by atoms with Crippen LogP contribution in [0.15, 0.2) is 61.4 Å². The van der Waals surface area contributed by atoms with E-state index < -0.39 is 16.0 Å². The molecule has 4 rings (SSSR count). The molecule has 2 aliphatic rings. The molecule has 0 radical (unpaired) electrons. The number of methoxy groups -OCH3 is 1. The van der Waals surface area contributed by atoms with Crippen LogP contribution in [0.2, 0.25) is 0 Å². The summed E-state index contributed by atoms with van der Waals surface area (Å²) in [6.45, 7) is 3.78. The molecule has 2 aromatic rings. The quantitative estimate of drug-likeness (QED) is 0.404. The number of fused-ring (bicyclic) bond motifs is 1. The number of thioether (sulfide) groups is 1. The number of aryl methyl sites for hydroxylation is 1. The van der Waals surface area contributed by atoms with Gasteiger partial charge < -0.3 is 8.92 Å². The maximum Gasteiger partial charge on any atom is 0.339 e. The molecule has 2 heterocycles. The highest BCUT2D eigenvalue weighted by Gasteiger charge is 2.35. The summed E-state index contributed by atoms with van der Waals surface area (Å²) in [6, 6.07) is 9.35. The van der Waals surface area contributed by atoms with Gasteiger partial charge in [0.15, 0.2) is 17.3 Å². The van der Waals surface area contributed by atoms with E-state index in [2.05, 4.69) is 26.0 Å². The van der Waals surface area contributed by atoms with Crippen molar-refractivity contribution in [1.82, 2.24) is 5.01 Å². The van der Waals surface area contributed by atoms with Gasteiger partial charge in [0.25, 0.3) is 5.91 Å². The number of amides is 1. The third-order valence-electron chi connectivity index (χ3n) is 4.86. The molecule has 0 saturated heterocycles. The first-order valence-corrected chi connectivity index (χ1v) is 13.0. The number of aliphatic imine (C=N–C) groups is 1. The molecule has 0 saturated carbocycles. The Bertz CT molecular complexity index is 1400. The van der Waals surface area contributed by atoms with Crippen molar-refractivity contribution in [2.75, 3.05) is 7.11 Å². The van der Waals surface area contributed by atoms with E-state index in [9.17, 15) is 13.2 Å². The topological polar surface area (TPSA) is 121 Å². The van der Waals surface area contributed by atoms with Gasteiger partial charge >= 0.3 is 10.1 Å². The fourth-order valence-electron chi connectivity index (χ4n) is 3.11. The molecule has 176 valence electrons. The van der Waals surface area contributed by atoms with Gasteiger partial charge in [0.2, 0.25) is 5.17 Å². The summed E-state index contributed by atoms with van der Waals surface area (Å²) in [5, 5.41) is 15.2. The van der Waals surface area contributed by atoms with E-state index in [1.807, 2.05) is 13.8 Å². The van der Waals surface area contributed by atoms with Crippen molar-refractivity contribution in [3.63, 3.8) is 0 Å². The van der Waals surface area contributed by atoms with Crippen LogP contribution in [0.1, 0.15) is 24.5 Å². The van der Waals surface area contributed by atoms with Crippen molar-refractivity contribution in [3.8, 4) is 11.5 Å². The zero-order valence-corrected chi connectivity index (χ0v) is 21.5. The van der Waals surface area contributed by atoms with Crippen LogP contribution in [0.4, 0.5) is 0 Å². The minimum absolute atomic E-state index is 0.00338. The lowest BCUT2D eigenvalue weighted by Gasteiger charge is -2.20. The molecule has 34 heavy (non-hydrogen) atoms. The van der Waals surface area contributed by atoms with Crippen molar-refractivity contribution in [2.24, 2.45) is 10.1 Å². The Morgan fingerprint density at radius 1 is 1.24 bits per heavy atom. The summed E-state index contributed by atoms with van der Waals surface area (Å²) in [5.41, 5.74) is 1.43. The van der Waals surface area contributed by atoms with Crippen LogP contribution in [-0.2, 0) is 14.9 Å². The maximum absolute atomic E-state index is 12.8. The van der Waals surface area contributed by atoms with E-state index in [-0.39, 0.29) is 32.3 Å². The number of amidine groups is 2. The normalized spacial score (nSPS) is 16.9. The second-order valence-electron chi connectivity index (χ2n) is 7.25. The number of nitrogens with zero attached hydrogens (tertiary/aromatic N) is 3. The van der Waals surface area contributed by atoms with Gasteiger partial charge in [0, 0.05) is 0 Å². The van der Waals surface area contributed by atoms with E-state index in [0.717, 1.165) is 10.6 Å². The van der Waals surface area contributed by atoms with Crippen LogP contribution in [0.25, 0.3) is 6.08 Å². The number of rotatable bonds is 6. The van der Waals surface area contributed by atoms with Gasteiger partial charge in [-0.1, -0.05) is 24.6 Å².